The third-order valence-corrected chi connectivity index (χ3v) is 3.57. The molecule has 126 valence electrons. The highest BCUT2D eigenvalue weighted by atomic mass is 16.5. The van der Waals surface area contributed by atoms with Gasteiger partial charge >= 0.3 is 0 Å². The average Bonchev–Trinajstić information content (AvgIpc) is 2.67. The molecule has 0 spiro atoms. The molecule has 0 unspecified atom stereocenters. The zero-order valence-corrected chi connectivity index (χ0v) is 13.8. The summed E-state index contributed by atoms with van der Waals surface area (Å²) in [4.78, 5) is 16.4. The fraction of sp³-hybridized carbons (Fsp3) is 0.100. The van der Waals surface area contributed by atoms with Crippen LogP contribution in [0.2, 0.25) is 0 Å². The molecular weight excluding hydrogens is 316 g/mol. The molecule has 1 aromatic heterocycles. The largest absolute Gasteiger partial charge is 0.497 e. The Labute approximate surface area is 146 Å². The molecule has 2 aromatic carbocycles. The van der Waals surface area contributed by atoms with Crippen LogP contribution in [0.3, 0.4) is 0 Å². The topological polar surface area (TPSA) is 60.5 Å². The number of carbonyl (C=O) groups excluding carboxylic acids is 1. The summed E-state index contributed by atoms with van der Waals surface area (Å²) in [6.07, 6.45) is 1.66. The zero-order valence-electron chi connectivity index (χ0n) is 13.8. The van der Waals surface area contributed by atoms with Crippen molar-refractivity contribution in [1.29, 1.82) is 0 Å². The fourth-order valence-corrected chi connectivity index (χ4v) is 2.25. The molecule has 25 heavy (non-hydrogen) atoms. The smallest absolute Gasteiger partial charge is 0.251 e. The summed E-state index contributed by atoms with van der Waals surface area (Å²) >= 11 is 0. The molecule has 3 aromatic rings. The van der Waals surface area contributed by atoms with Crippen LogP contribution in [0.5, 0.6) is 17.4 Å². The van der Waals surface area contributed by atoms with E-state index in [2.05, 4.69) is 10.3 Å². The van der Waals surface area contributed by atoms with Crippen molar-refractivity contribution in [1.82, 2.24) is 10.3 Å². The van der Waals surface area contributed by atoms with Crippen molar-refractivity contribution in [3.8, 4) is 17.4 Å². The van der Waals surface area contributed by atoms with Gasteiger partial charge in [0.2, 0.25) is 5.88 Å². The lowest BCUT2D eigenvalue weighted by Gasteiger charge is -2.08. The van der Waals surface area contributed by atoms with E-state index in [1.54, 1.807) is 43.6 Å². The second-order valence-corrected chi connectivity index (χ2v) is 5.33. The van der Waals surface area contributed by atoms with E-state index < -0.39 is 0 Å². The lowest BCUT2D eigenvalue weighted by molar-refractivity contribution is 0.0951. The van der Waals surface area contributed by atoms with Crippen molar-refractivity contribution in [2.45, 2.75) is 6.54 Å². The van der Waals surface area contributed by atoms with E-state index in [0.717, 1.165) is 11.3 Å². The van der Waals surface area contributed by atoms with Crippen LogP contribution in [0.15, 0.2) is 72.9 Å². The third kappa shape index (κ3) is 4.57. The standard InChI is InChI=1S/C20H18N2O3/c1-24-17-9-7-16(8-10-17)20(23)22-14-15-11-12-21-19(13-15)25-18-5-3-2-4-6-18/h2-13H,14H2,1H3,(H,22,23). The van der Waals surface area contributed by atoms with Gasteiger partial charge in [-0.15, -0.1) is 0 Å². The number of amides is 1. The predicted molar refractivity (Wildman–Crippen MR) is 94.9 cm³/mol. The first-order valence-electron chi connectivity index (χ1n) is 7.85. The van der Waals surface area contributed by atoms with Crippen LogP contribution >= 0.6 is 0 Å². The summed E-state index contributed by atoms with van der Waals surface area (Å²) in [6, 6.07) is 20.1. The van der Waals surface area contributed by atoms with Crippen LogP contribution in [0.25, 0.3) is 0 Å². The van der Waals surface area contributed by atoms with Crippen molar-refractivity contribution in [2.75, 3.05) is 7.11 Å². The number of methoxy groups -OCH3 is 1. The van der Waals surface area contributed by atoms with Gasteiger partial charge in [0.05, 0.1) is 7.11 Å². The highest BCUT2D eigenvalue weighted by Crippen LogP contribution is 2.19. The number of nitrogens with zero attached hydrogens (tertiary/aromatic N) is 1. The molecule has 0 saturated heterocycles. The van der Waals surface area contributed by atoms with Crippen LogP contribution in [0.4, 0.5) is 0 Å². The predicted octanol–water partition coefficient (Wildman–Crippen LogP) is 3.81. The SMILES string of the molecule is COc1ccc(C(=O)NCc2ccnc(Oc3ccccc3)c2)cc1. The van der Waals surface area contributed by atoms with Crippen LogP contribution < -0.4 is 14.8 Å². The summed E-state index contributed by atoms with van der Waals surface area (Å²) in [5.74, 6) is 1.77. The number of nitrogens with one attached hydrogen (secondary N) is 1. The van der Waals surface area contributed by atoms with Crippen LogP contribution in [0, 0.1) is 0 Å². The molecule has 1 N–H and O–H groups in total. The second-order valence-electron chi connectivity index (χ2n) is 5.33. The Morgan fingerprint density at radius 1 is 1.00 bits per heavy atom. The maximum Gasteiger partial charge on any atom is 0.251 e. The lowest BCUT2D eigenvalue weighted by Crippen LogP contribution is -2.22. The number of carbonyl (C=O) groups is 1. The summed E-state index contributed by atoms with van der Waals surface area (Å²) in [5.41, 5.74) is 1.48. The van der Waals surface area contributed by atoms with E-state index in [0.29, 0.717) is 23.7 Å². The molecule has 0 aliphatic heterocycles. The monoisotopic (exact) mass is 334 g/mol. The molecule has 5 nitrogen and oxygen atoms in total. The molecule has 0 atom stereocenters. The summed E-state index contributed by atoms with van der Waals surface area (Å²) in [5, 5.41) is 2.88. The first kappa shape index (κ1) is 16.5. The third-order valence-electron chi connectivity index (χ3n) is 3.57. The number of rotatable bonds is 6. The first-order chi connectivity index (χ1) is 12.2. The Morgan fingerprint density at radius 2 is 1.76 bits per heavy atom. The van der Waals surface area contributed by atoms with Gasteiger partial charge in [-0.3, -0.25) is 4.79 Å². The van der Waals surface area contributed by atoms with E-state index >= 15 is 0 Å². The van der Waals surface area contributed by atoms with E-state index in [4.69, 9.17) is 9.47 Å². The molecule has 5 heteroatoms. The highest BCUT2D eigenvalue weighted by molar-refractivity contribution is 5.94. The van der Waals surface area contributed by atoms with Gasteiger partial charge in [-0.25, -0.2) is 4.98 Å². The van der Waals surface area contributed by atoms with Crippen molar-refractivity contribution < 1.29 is 14.3 Å². The number of ether oxygens (including phenoxy) is 2. The number of aromatic nitrogens is 1. The van der Waals surface area contributed by atoms with Gasteiger partial charge in [0.15, 0.2) is 0 Å². The van der Waals surface area contributed by atoms with Gasteiger partial charge in [0.25, 0.3) is 5.91 Å². The van der Waals surface area contributed by atoms with Gasteiger partial charge in [0, 0.05) is 24.4 Å². The van der Waals surface area contributed by atoms with E-state index in [9.17, 15) is 4.79 Å². The number of para-hydroxylation sites is 1. The van der Waals surface area contributed by atoms with Gasteiger partial charge in [0.1, 0.15) is 11.5 Å². The summed E-state index contributed by atoms with van der Waals surface area (Å²) < 4.78 is 10.8. The molecule has 0 aliphatic rings. The lowest BCUT2D eigenvalue weighted by atomic mass is 10.2. The minimum Gasteiger partial charge on any atom is -0.497 e. The molecule has 0 saturated carbocycles. The molecule has 0 aliphatic carbocycles. The van der Waals surface area contributed by atoms with Crippen LogP contribution in [-0.2, 0) is 6.54 Å². The summed E-state index contributed by atoms with van der Waals surface area (Å²) in [6.45, 7) is 0.387. The molecule has 0 radical (unpaired) electrons. The molecular formula is C20H18N2O3. The number of pyridine rings is 1. The van der Waals surface area contributed by atoms with E-state index in [1.165, 1.54) is 0 Å². The molecule has 1 heterocycles. The maximum absolute atomic E-state index is 12.2. The minimum atomic E-state index is -0.148. The number of benzene rings is 2. The molecule has 0 bridgehead atoms. The van der Waals surface area contributed by atoms with Gasteiger partial charge in [-0.2, -0.15) is 0 Å². The van der Waals surface area contributed by atoms with Gasteiger partial charge in [-0.1, -0.05) is 18.2 Å². The number of hydrogen-bond donors (Lipinski definition) is 1. The van der Waals surface area contributed by atoms with Crippen LogP contribution in [-0.4, -0.2) is 18.0 Å². The molecule has 3 rings (SSSR count). The quantitative estimate of drug-likeness (QED) is 0.744. The van der Waals surface area contributed by atoms with Gasteiger partial charge in [-0.05, 0) is 48.0 Å². The average molecular weight is 334 g/mol. The van der Waals surface area contributed by atoms with Crippen molar-refractivity contribution in [2.24, 2.45) is 0 Å². The Kier molecular flexibility index (Phi) is 5.26. The van der Waals surface area contributed by atoms with E-state index in [-0.39, 0.29) is 5.91 Å². The maximum atomic E-state index is 12.2. The Hall–Kier alpha value is -3.34. The number of hydrogen-bond acceptors (Lipinski definition) is 4. The molecule has 0 fully saturated rings. The second kappa shape index (κ2) is 7.97. The Balaban J connectivity index is 1.61. The van der Waals surface area contributed by atoms with Gasteiger partial charge < -0.3 is 14.8 Å². The fourth-order valence-electron chi connectivity index (χ4n) is 2.25. The van der Waals surface area contributed by atoms with E-state index in [1.807, 2.05) is 36.4 Å². The van der Waals surface area contributed by atoms with Crippen molar-refractivity contribution in [3.63, 3.8) is 0 Å². The normalized spacial score (nSPS) is 10.1. The first-order valence-corrected chi connectivity index (χ1v) is 7.85. The summed E-state index contributed by atoms with van der Waals surface area (Å²) in [7, 11) is 1.59. The Bertz CT molecular complexity index is 833. The van der Waals surface area contributed by atoms with Crippen molar-refractivity contribution >= 4 is 5.91 Å². The molecule has 1 amide bonds. The highest BCUT2D eigenvalue weighted by Gasteiger charge is 2.06. The van der Waals surface area contributed by atoms with Crippen molar-refractivity contribution in [3.05, 3.63) is 84.1 Å². The van der Waals surface area contributed by atoms with Crippen LogP contribution in [0.1, 0.15) is 15.9 Å². The Morgan fingerprint density at radius 3 is 2.48 bits per heavy atom. The zero-order chi connectivity index (χ0) is 17.5. The minimum absolute atomic E-state index is 0.148.